The first-order valence-electron chi connectivity index (χ1n) is 11.8. The quantitative estimate of drug-likeness (QED) is 0.391. The second-order valence-corrected chi connectivity index (χ2v) is 9.45. The van der Waals surface area contributed by atoms with Gasteiger partial charge in [-0.25, -0.2) is 9.37 Å². The van der Waals surface area contributed by atoms with Crippen LogP contribution >= 0.6 is 0 Å². The van der Waals surface area contributed by atoms with Crippen molar-refractivity contribution in [3.63, 3.8) is 0 Å². The molecule has 4 rings (SSSR count). The van der Waals surface area contributed by atoms with E-state index in [-0.39, 0.29) is 23.8 Å². The number of nitrogens with zero attached hydrogens (tertiary/aromatic N) is 3. The molecule has 35 heavy (non-hydrogen) atoms. The van der Waals surface area contributed by atoms with Crippen LogP contribution in [-0.4, -0.2) is 33.4 Å². The number of hydrogen-bond donors (Lipinski definition) is 0. The zero-order valence-corrected chi connectivity index (χ0v) is 19.9. The molecular weight excluding hydrogens is 458 g/mol. The number of benzene rings is 2. The normalized spacial score (nSPS) is 15.1. The third-order valence-corrected chi connectivity index (χ3v) is 6.65. The molecule has 1 amide bonds. The molecule has 2 heterocycles. The van der Waals surface area contributed by atoms with Gasteiger partial charge in [-0.15, -0.1) is 0 Å². The molecule has 0 saturated carbocycles. The Morgan fingerprint density at radius 3 is 2.31 bits per heavy atom. The van der Waals surface area contributed by atoms with Crippen LogP contribution in [0.4, 0.5) is 17.6 Å². The average Bonchev–Trinajstić information content (AvgIpc) is 3.26. The molecule has 1 aliphatic heterocycles. The van der Waals surface area contributed by atoms with E-state index in [0.717, 1.165) is 31.3 Å². The van der Waals surface area contributed by atoms with E-state index in [1.807, 2.05) is 6.20 Å². The van der Waals surface area contributed by atoms with Crippen molar-refractivity contribution in [3.05, 3.63) is 88.8 Å². The Bertz CT molecular complexity index is 1160. The minimum Gasteiger partial charge on any atom is -0.342 e. The number of amides is 1. The predicted octanol–water partition coefficient (Wildman–Crippen LogP) is 6.16. The molecule has 0 N–H and O–H groups in total. The molecule has 0 radical (unpaired) electrons. The van der Waals surface area contributed by atoms with Crippen molar-refractivity contribution >= 4 is 5.91 Å². The molecule has 1 aromatic heterocycles. The van der Waals surface area contributed by atoms with E-state index in [4.69, 9.17) is 0 Å². The molecule has 1 aliphatic rings. The number of piperidine rings is 1. The van der Waals surface area contributed by atoms with Crippen LogP contribution in [0.2, 0.25) is 0 Å². The first-order chi connectivity index (χ1) is 16.6. The Labute approximate surface area is 202 Å². The number of carbonyl (C=O) groups is 1. The van der Waals surface area contributed by atoms with Crippen LogP contribution in [0.3, 0.4) is 0 Å². The van der Waals surface area contributed by atoms with Gasteiger partial charge in [-0.2, -0.15) is 13.2 Å². The van der Waals surface area contributed by atoms with E-state index in [1.54, 1.807) is 11.1 Å². The zero-order chi connectivity index (χ0) is 25.2. The van der Waals surface area contributed by atoms with Crippen molar-refractivity contribution in [2.75, 3.05) is 13.1 Å². The maximum absolute atomic E-state index is 13.8. The summed E-state index contributed by atoms with van der Waals surface area (Å²) in [6.45, 7) is 6.13. The highest BCUT2D eigenvalue weighted by molar-refractivity contribution is 5.79. The Balaban J connectivity index is 1.34. The molecule has 0 atom stereocenters. The highest BCUT2D eigenvalue weighted by Crippen LogP contribution is 2.32. The van der Waals surface area contributed by atoms with E-state index in [2.05, 4.69) is 47.7 Å². The molecular formula is C27H29F4N3O. The number of halogens is 4. The second kappa shape index (κ2) is 10.2. The SMILES string of the molecule is CC(C)c1ccc(Cn2ccnc2C2CCN(C(=O)Cc3ccc(C(F)(F)F)c(F)c3)CC2)cc1. The van der Waals surface area contributed by atoms with Crippen LogP contribution in [0, 0.1) is 5.82 Å². The van der Waals surface area contributed by atoms with Crippen molar-refractivity contribution in [3.8, 4) is 0 Å². The number of rotatable bonds is 6. The Kier molecular flexibility index (Phi) is 7.28. The molecule has 3 aromatic rings. The van der Waals surface area contributed by atoms with Gasteiger partial charge >= 0.3 is 6.18 Å². The first kappa shape index (κ1) is 24.9. The van der Waals surface area contributed by atoms with Crippen molar-refractivity contribution in [1.82, 2.24) is 14.5 Å². The summed E-state index contributed by atoms with van der Waals surface area (Å²) in [5.41, 5.74) is 1.42. The molecule has 186 valence electrons. The van der Waals surface area contributed by atoms with E-state index in [0.29, 0.717) is 25.1 Å². The van der Waals surface area contributed by atoms with Crippen LogP contribution in [0.1, 0.15) is 66.6 Å². The molecule has 8 heteroatoms. The Morgan fingerprint density at radius 1 is 1.06 bits per heavy atom. The average molecular weight is 488 g/mol. The topological polar surface area (TPSA) is 38.1 Å². The summed E-state index contributed by atoms with van der Waals surface area (Å²) in [6, 6.07) is 11.3. The van der Waals surface area contributed by atoms with Gasteiger partial charge in [0, 0.05) is 37.9 Å². The van der Waals surface area contributed by atoms with E-state index in [1.165, 1.54) is 17.2 Å². The number of alkyl halides is 3. The maximum Gasteiger partial charge on any atom is 0.419 e. The van der Waals surface area contributed by atoms with Crippen molar-refractivity contribution < 1.29 is 22.4 Å². The van der Waals surface area contributed by atoms with Gasteiger partial charge in [0.2, 0.25) is 5.91 Å². The molecule has 0 unspecified atom stereocenters. The van der Waals surface area contributed by atoms with E-state index < -0.39 is 17.6 Å². The summed E-state index contributed by atoms with van der Waals surface area (Å²) in [7, 11) is 0. The number of carbonyl (C=O) groups excluding carboxylic acids is 1. The largest absolute Gasteiger partial charge is 0.419 e. The van der Waals surface area contributed by atoms with Crippen LogP contribution < -0.4 is 0 Å². The highest BCUT2D eigenvalue weighted by Gasteiger charge is 2.34. The van der Waals surface area contributed by atoms with E-state index in [9.17, 15) is 22.4 Å². The molecule has 2 aromatic carbocycles. The van der Waals surface area contributed by atoms with Gasteiger partial charge in [-0.05, 0) is 47.6 Å². The molecule has 0 aliphatic carbocycles. The smallest absolute Gasteiger partial charge is 0.342 e. The van der Waals surface area contributed by atoms with Crippen LogP contribution in [0.5, 0.6) is 0 Å². The van der Waals surface area contributed by atoms with Crippen LogP contribution in [0.25, 0.3) is 0 Å². The number of aromatic nitrogens is 2. The number of imidazole rings is 1. The summed E-state index contributed by atoms with van der Waals surface area (Å²) >= 11 is 0. The monoisotopic (exact) mass is 487 g/mol. The summed E-state index contributed by atoms with van der Waals surface area (Å²) < 4.78 is 54.3. The highest BCUT2D eigenvalue weighted by atomic mass is 19.4. The standard InChI is InChI=1S/C27H29F4N3O/c1-18(2)21-6-3-19(4-7-21)17-34-14-11-32-26(34)22-9-12-33(13-10-22)25(35)16-20-5-8-23(24(28)15-20)27(29,30)31/h3-8,11,14-15,18,22H,9-10,12-13,16-17H2,1-2H3. The van der Waals surface area contributed by atoms with Gasteiger partial charge < -0.3 is 9.47 Å². The van der Waals surface area contributed by atoms with Crippen LogP contribution in [-0.2, 0) is 23.9 Å². The maximum atomic E-state index is 13.8. The third-order valence-electron chi connectivity index (χ3n) is 6.65. The lowest BCUT2D eigenvalue weighted by Gasteiger charge is -2.32. The van der Waals surface area contributed by atoms with Gasteiger partial charge in [0.15, 0.2) is 0 Å². The van der Waals surface area contributed by atoms with Gasteiger partial charge in [-0.3, -0.25) is 4.79 Å². The fourth-order valence-corrected chi connectivity index (χ4v) is 4.59. The molecule has 0 bridgehead atoms. The number of likely N-dealkylation sites (tertiary alicyclic amines) is 1. The molecule has 1 fully saturated rings. The zero-order valence-electron chi connectivity index (χ0n) is 19.9. The molecule has 4 nitrogen and oxygen atoms in total. The van der Waals surface area contributed by atoms with Gasteiger partial charge in [0.1, 0.15) is 11.6 Å². The van der Waals surface area contributed by atoms with Crippen LogP contribution in [0.15, 0.2) is 54.9 Å². The van der Waals surface area contributed by atoms with Gasteiger partial charge in [0.05, 0.1) is 12.0 Å². The van der Waals surface area contributed by atoms with E-state index >= 15 is 0 Å². The van der Waals surface area contributed by atoms with Crippen molar-refractivity contribution in [1.29, 1.82) is 0 Å². The summed E-state index contributed by atoms with van der Waals surface area (Å²) in [4.78, 5) is 19.0. The van der Waals surface area contributed by atoms with Gasteiger partial charge in [-0.1, -0.05) is 44.2 Å². The lowest BCUT2D eigenvalue weighted by atomic mass is 9.95. The predicted molar refractivity (Wildman–Crippen MR) is 126 cm³/mol. The first-order valence-corrected chi connectivity index (χ1v) is 11.8. The molecule has 1 saturated heterocycles. The second-order valence-electron chi connectivity index (χ2n) is 9.45. The summed E-state index contributed by atoms with van der Waals surface area (Å²) in [6.07, 6.45) is 0.391. The minimum absolute atomic E-state index is 0.124. The van der Waals surface area contributed by atoms with Gasteiger partial charge in [0.25, 0.3) is 0 Å². The summed E-state index contributed by atoms with van der Waals surface area (Å²) in [5, 5.41) is 0. The summed E-state index contributed by atoms with van der Waals surface area (Å²) in [5.74, 6) is 0.129. The fourth-order valence-electron chi connectivity index (χ4n) is 4.59. The molecule has 0 spiro atoms. The van der Waals surface area contributed by atoms with Crippen molar-refractivity contribution in [2.24, 2.45) is 0 Å². The number of hydrogen-bond acceptors (Lipinski definition) is 2. The lowest BCUT2D eigenvalue weighted by molar-refractivity contribution is -0.140. The fraction of sp³-hybridized carbons (Fsp3) is 0.407. The Morgan fingerprint density at radius 2 is 1.71 bits per heavy atom. The third kappa shape index (κ3) is 5.92. The van der Waals surface area contributed by atoms with Crippen molar-refractivity contribution in [2.45, 2.75) is 57.7 Å². The minimum atomic E-state index is -4.75. The lowest BCUT2D eigenvalue weighted by Crippen LogP contribution is -2.39. The Hall–Kier alpha value is -3.16.